The van der Waals surface area contributed by atoms with E-state index in [-0.39, 0.29) is 11.1 Å². The van der Waals surface area contributed by atoms with E-state index in [1.165, 1.54) is 18.2 Å². The molecule has 0 amide bonds. The molecule has 3 rings (SSSR count). The van der Waals surface area contributed by atoms with E-state index in [0.29, 0.717) is 5.56 Å². The van der Waals surface area contributed by atoms with Gasteiger partial charge in [0.2, 0.25) is 0 Å². The first-order valence-electron chi connectivity index (χ1n) is 8.08. The zero-order valence-corrected chi connectivity index (χ0v) is 16.1. The third-order valence-corrected chi connectivity index (χ3v) is 6.02. The Labute approximate surface area is 163 Å². The van der Waals surface area contributed by atoms with Gasteiger partial charge in [0.15, 0.2) is 0 Å². The fraction of sp³-hybridized carbons (Fsp3) is 0. The number of benzene rings is 3. The summed E-state index contributed by atoms with van der Waals surface area (Å²) in [5.41, 5.74) is 1.01. The van der Waals surface area contributed by atoms with Crippen LogP contribution in [-0.2, 0) is 20.2 Å². The number of hydrogen-bond acceptors (Lipinski definition) is 4. The van der Waals surface area contributed by atoms with Crippen LogP contribution in [0, 0.1) is 0 Å². The molecule has 3 aromatic rings. The Hall–Kier alpha value is -2.78. The van der Waals surface area contributed by atoms with E-state index >= 15 is 0 Å². The molecule has 0 unspecified atom stereocenters. The van der Waals surface area contributed by atoms with Crippen molar-refractivity contribution < 1.29 is 25.9 Å². The molecule has 144 valence electrons. The fourth-order valence-electron chi connectivity index (χ4n) is 2.83. The molecular weight excluding hydrogens is 400 g/mol. The normalized spacial score (nSPS) is 12.4. The van der Waals surface area contributed by atoms with Gasteiger partial charge in [-0.15, -0.1) is 0 Å². The lowest BCUT2D eigenvalue weighted by Gasteiger charge is -2.14. The van der Waals surface area contributed by atoms with Crippen LogP contribution in [0.15, 0.2) is 82.6 Å². The summed E-state index contributed by atoms with van der Waals surface area (Å²) in [6.07, 6.45) is 2.93. The molecule has 8 heteroatoms. The maximum Gasteiger partial charge on any atom is 0.296 e. The average Bonchev–Trinajstić information content (AvgIpc) is 2.65. The van der Waals surface area contributed by atoms with Crippen molar-refractivity contribution in [3.05, 3.63) is 83.9 Å². The van der Waals surface area contributed by atoms with Crippen molar-refractivity contribution in [2.24, 2.45) is 0 Å². The molecule has 2 N–H and O–H groups in total. The first-order valence-corrected chi connectivity index (χ1v) is 11.0. The van der Waals surface area contributed by atoms with Gasteiger partial charge in [-0.1, -0.05) is 84.9 Å². The Bertz CT molecular complexity index is 1230. The van der Waals surface area contributed by atoms with Gasteiger partial charge in [-0.05, 0) is 16.7 Å². The largest absolute Gasteiger partial charge is 0.296 e. The molecule has 0 saturated carbocycles. The number of hydrogen-bond donors (Lipinski definition) is 2. The highest BCUT2D eigenvalue weighted by Crippen LogP contribution is 2.35. The molecule has 6 nitrogen and oxygen atoms in total. The quantitative estimate of drug-likeness (QED) is 0.480. The van der Waals surface area contributed by atoms with Crippen molar-refractivity contribution in [1.82, 2.24) is 0 Å². The summed E-state index contributed by atoms with van der Waals surface area (Å²) in [6, 6.07) is 19.8. The number of rotatable bonds is 5. The maximum absolute atomic E-state index is 12.1. The van der Waals surface area contributed by atoms with Gasteiger partial charge in [0.05, 0.1) is 0 Å². The van der Waals surface area contributed by atoms with Gasteiger partial charge in [-0.3, -0.25) is 9.11 Å². The Kier molecular flexibility index (Phi) is 5.48. The molecule has 0 spiro atoms. The predicted molar refractivity (Wildman–Crippen MR) is 107 cm³/mol. The highest BCUT2D eigenvalue weighted by molar-refractivity contribution is 7.89. The second kappa shape index (κ2) is 7.69. The van der Waals surface area contributed by atoms with Crippen molar-refractivity contribution in [1.29, 1.82) is 0 Å². The van der Waals surface area contributed by atoms with Crippen LogP contribution in [0.5, 0.6) is 0 Å². The van der Waals surface area contributed by atoms with E-state index in [4.69, 9.17) is 0 Å². The van der Waals surface area contributed by atoms with Crippen LogP contribution in [0.4, 0.5) is 0 Å². The van der Waals surface area contributed by atoms with Gasteiger partial charge in [0.25, 0.3) is 20.2 Å². The van der Waals surface area contributed by atoms with E-state index < -0.39 is 30.0 Å². The van der Waals surface area contributed by atoms with Crippen LogP contribution in [-0.4, -0.2) is 25.9 Å². The summed E-state index contributed by atoms with van der Waals surface area (Å²) in [5.74, 6) is 0. The monoisotopic (exact) mass is 416 g/mol. The van der Waals surface area contributed by atoms with Gasteiger partial charge < -0.3 is 0 Å². The highest BCUT2D eigenvalue weighted by atomic mass is 32.2. The summed E-state index contributed by atoms with van der Waals surface area (Å²) in [5, 5.41) is 0. The lowest BCUT2D eigenvalue weighted by Crippen LogP contribution is -2.12. The minimum absolute atomic E-state index is 0.0346. The van der Waals surface area contributed by atoms with Crippen LogP contribution < -0.4 is 0 Å². The van der Waals surface area contributed by atoms with Gasteiger partial charge >= 0.3 is 0 Å². The first kappa shape index (κ1) is 20.0. The Morgan fingerprint density at radius 2 is 1.14 bits per heavy atom. The molecule has 28 heavy (non-hydrogen) atoms. The lowest BCUT2D eigenvalue weighted by molar-refractivity contribution is 0.466. The first-order chi connectivity index (χ1) is 13.2. The molecule has 3 aromatic carbocycles. The third kappa shape index (κ3) is 4.37. The second-order valence-corrected chi connectivity index (χ2v) is 8.64. The highest BCUT2D eigenvalue weighted by Gasteiger charge is 2.30. The summed E-state index contributed by atoms with van der Waals surface area (Å²) in [6.45, 7) is 0. The molecule has 0 fully saturated rings. The van der Waals surface area contributed by atoms with Crippen LogP contribution in [0.25, 0.3) is 23.3 Å². The molecule has 0 aliphatic heterocycles. The summed E-state index contributed by atoms with van der Waals surface area (Å²) in [7, 11) is -9.95. The molecular formula is C20H16O6S2. The minimum Gasteiger partial charge on any atom is -0.282 e. The standard InChI is InChI=1S/C20H16O6S2/c21-27(22,23)19-17(12-11-15-7-3-1-4-8-15)13-14-18(20(19)28(24,25)26)16-9-5-2-6-10-16/h1-14H,(H,21,22,23)(H,24,25,26). The van der Waals surface area contributed by atoms with E-state index in [2.05, 4.69) is 0 Å². The van der Waals surface area contributed by atoms with E-state index in [1.807, 2.05) is 6.07 Å². The zero-order chi connectivity index (χ0) is 20.4. The van der Waals surface area contributed by atoms with Crippen LogP contribution >= 0.6 is 0 Å². The third-order valence-electron chi connectivity index (χ3n) is 4.00. The van der Waals surface area contributed by atoms with Crippen molar-refractivity contribution in [3.8, 4) is 11.1 Å². The maximum atomic E-state index is 12.1. The molecule has 0 atom stereocenters. The van der Waals surface area contributed by atoms with E-state index in [0.717, 1.165) is 5.56 Å². The molecule has 0 heterocycles. The predicted octanol–water partition coefficient (Wildman–Crippen LogP) is 4.02. The summed E-state index contributed by atoms with van der Waals surface area (Å²) in [4.78, 5) is -1.74. The van der Waals surface area contributed by atoms with Crippen molar-refractivity contribution >= 4 is 32.4 Å². The summed E-state index contributed by atoms with van der Waals surface area (Å²) < 4.78 is 67.8. The van der Waals surface area contributed by atoms with Gasteiger partial charge in [0, 0.05) is 5.56 Å². The molecule has 0 saturated heterocycles. The van der Waals surface area contributed by atoms with Crippen LogP contribution in [0.1, 0.15) is 11.1 Å². The average molecular weight is 416 g/mol. The van der Waals surface area contributed by atoms with Crippen molar-refractivity contribution in [3.63, 3.8) is 0 Å². The van der Waals surface area contributed by atoms with Gasteiger partial charge in [-0.25, -0.2) is 0 Å². The zero-order valence-electron chi connectivity index (χ0n) is 14.4. The summed E-state index contributed by atoms with van der Waals surface area (Å²) >= 11 is 0. The molecule has 0 aromatic heterocycles. The van der Waals surface area contributed by atoms with Crippen LogP contribution in [0.3, 0.4) is 0 Å². The molecule has 0 aliphatic rings. The van der Waals surface area contributed by atoms with Gasteiger partial charge in [0.1, 0.15) is 9.79 Å². The lowest BCUT2D eigenvalue weighted by atomic mass is 10.0. The van der Waals surface area contributed by atoms with Crippen molar-refractivity contribution in [2.75, 3.05) is 0 Å². The smallest absolute Gasteiger partial charge is 0.282 e. The molecule has 0 radical (unpaired) electrons. The molecule has 0 bridgehead atoms. The van der Waals surface area contributed by atoms with E-state index in [9.17, 15) is 25.9 Å². The molecule has 0 aliphatic carbocycles. The van der Waals surface area contributed by atoms with Gasteiger partial charge in [-0.2, -0.15) is 16.8 Å². The minimum atomic E-state index is -4.97. The SMILES string of the molecule is O=S(=O)(O)c1c(C=Cc2ccccc2)ccc(-c2ccccc2)c1S(=O)(=O)O. The Morgan fingerprint density at radius 1 is 0.607 bits per heavy atom. The van der Waals surface area contributed by atoms with Crippen LogP contribution in [0.2, 0.25) is 0 Å². The fourth-order valence-corrected chi connectivity index (χ4v) is 5.05. The Morgan fingerprint density at radius 3 is 1.68 bits per heavy atom. The topological polar surface area (TPSA) is 109 Å². The van der Waals surface area contributed by atoms with E-state index in [1.54, 1.807) is 60.7 Å². The Balaban J connectivity index is 2.33. The van der Waals surface area contributed by atoms with Crippen molar-refractivity contribution in [2.45, 2.75) is 9.79 Å². The second-order valence-electron chi connectivity index (χ2n) is 5.92.